The van der Waals surface area contributed by atoms with Crippen LogP contribution in [0.3, 0.4) is 0 Å². The molecule has 0 radical (unpaired) electrons. The van der Waals surface area contributed by atoms with E-state index in [1.54, 1.807) is 13.2 Å². The van der Waals surface area contributed by atoms with E-state index in [-0.39, 0.29) is 5.91 Å². The van der Waals surface area contributed by atoms with Gasteiger partial charge in [0.25, 0.3) is 5.91 Å². The van der Waals surface area contributed by atoms with E-state index in [0.29, 0.717) is 35.5 Å². The maximum atomic E-state index is 12.7. The van der Waals surface area contributed by atoms with Gasteiger partial charge in [-0.25, -0.2) is 0 Å². The van der Waals surface area contributed by atoms with Gasteiger partial charge in [0.2, 0.25) is 0 Å². The molecule has 0 N–H and O–H groups in total. The van der Waals surface area contributed by atoms with Crippen molar-refractivity contribution in [2.75, 3.05) is 26.8 Å². The van der Waals surface area contributed by atoms with Gasteiger partial charge in [0, 0.05) is 18.7 Å². The molecule has 1 heterocycles. The Kier molecular flexibility index (Phi) is 5.10. The first kappa shape index (κ1) is 15.7. The van der Waals surface area contributed by atoms with Crippen LogP contribution in [-0.2, 0) is 0 Å². The monoisotopic (exact) mass is 291 g/mol. The van der Waals surface area contributed by atoms with E-state index < -0.39 is 0 Å². The minimum atomic E-state index is 0.0785. The lowest BCUT2D eigenvalue weighted by Gasteiger charge is -2.35. The molecule has 2 rings (SSSR count). The Morgan fingerprint density at radius 3 is 2.48 bits per heavy atom. The van der Waals surface area contributed by atoms with Crippen LogP contribution in [0.2, 0.25) is 0 Å². The van der Waals surface area contributed by atoms with Crippen molar-refractivity contribution in [1.29, 1.82) is 0 Å². The Morgan fingerprint density at radius 1 is 1.24 bits per heavy atom. The normalized spacial score (nSPS) is 22.0. The highest BCUT2D eigenvalue weighted by Gasteiger charge is 2.26. The Balaban J connectivity index is 2.19. The number of rotatable bonds is 4. The van der Waals surface area contributed by atoms with E-state index in [1.807, 2.05) is 24.0 Å². The topological polar surface area (TPSA) is 38.8 Å². The summed E-state index contributed by atoms with van der Waals surface area (Å²) >= 11 is 0. The van der Waals surface area contributed by atoms with Gasteiger partial charge in [0.05, 0.1) is 13.7 Å². The van der Waals surface area contributed by atoms with Crippen molar-refractivity contribution in [1.82, 2.24) is 4.90 Å². The van der Waals surface area contributed by atoms with Crippen molar-refractivity contribution in [3.63, 3.8) is 0 Å². The second-order valence-electron chi connectivity index (χ2n) is 5.95. The first-order valence-electron chi connectivity index (χ1n) is 7.65. The van der Waals surface area contributed by atoms with Crippen LogP contribution in [0.5, 0.6) is 11.5 Å². The summed E-state index contributed by atoms with van der Waals surface area (Å²) in [6.07, 6.45) is 1.19. The number of benzene rings is 1. The number of carbonyl (C=O) groups excluding carboxylic acids is 1. The van der Waals surface area contributed by atoms with Crippen molar-refractivity contribution in [3.05, 3.63) is 23.8 Å². The molecule has 1 saturated heterocycles. The zero-order valence-corrected chi connectivity index (χ0v) is 13.4. The van der Waals surface area contributed by atoms with E-state index in [2.05, 4.69) is 13.8 Å². The number of methoxy groups -OCH3 is 1. The number of hydrogen-bond acceptors (Lipinski definition) is 3. The number of ether oxygens (including phenoxy) is 2. The van der Waals surface area contributed by atoms with Gasteiger partial charge in [-0.15, -0.1) is 0 Å². The van der Waals surface area contributed by atoms with Gasteiger partial charge in [-0.05, 0) is 43.4 Å². The average Bonchev–Trinajstić information content (AvgIpc) is 2.46. The summed E-state index contributed by atoms with van der Waals surface area (Å²) in [7, 11) is 1.59. The van der Waals surface area contributed by atoms with Crippen LogP contribution < -0.4 is 9.47 Å². The standard InChI is InChI=1S/C17H25NO3/c1-5-21-15-7-6-14(9-16(15)20-4)17(19)18-10-12(2)8-13(3)11-18/h6-7,9,12-13H,5,8,10-11H2,1-4H3. The van der Waals surface area contributed by atoms with Crippen molar-refractivity contribution in [3.8, 4) is 11.5 Å². The summed E-state index contributed by atoms with van der Waals surface area (Å²) in [4.78, 5) is 14.6. The number of carbonyl (C=O) groups is 1. The lowest BCUT2D eigenvalue weighted by Crippen LogP contribution is -2.42. The number of amides is 1. The van der Waals surface area contributed by atoms with E-state index in [9.17, 15) is 4.79 Å². The van der Waals surface area contributed by atoms with Gasteiger partial charge in [-0.2, -0.15) is 0 Å². The van der Waals surface area contributed by atoms with Gasteiger partial charge < -0.3 is 14.4 Å². The Bertz CT molecular complexity index is 491. The summed E-state index contributed by atoms with van der Waals surface area (Å²) < 4.78 is 10.8. The Hall–Kier alpha value is -1.71. The highest BCUT2D eigenvalue weighted by Crippen LogP contribution is 2.29. The maximum absolute atomic E-state index is 12.7. The fourth-order valence-corrected chi connectivity index (χ4v) is 3.09. The quantitative estimate of drug-likeness (QED) is 0.855. The molecule has 4 heteroatoms. The number of hydrogen-bond donors (Lipinski definition) is 0. The molecular formula is C17H25NO3. The first-order chi connectivity index (χ1) is 10.0. The second kappa shape index (κ2) is 6.83. The fraction of sp³-hybridized carbons (Fsp3) is 0.588. The largest absolute Gasteiger partial charge is 0.493 e. The molecule has 21 heavy (non-hydrogen) atoms. The van der Waals surface area contributed by atoms with Gasteiger partial charge in [-0.3, -0.25) is 4.79 Å². The van der Waals surface area contributed by atoms with E-state index in [1.165, 1.54) is 6.42 Å². The first-order valence-corrected chi connectivity index (χ1v) is 7.65. The lowest BCUT2D eigenvalue weighted by atomic mass is 9.91. The van der Waals surface area contributed by atoms with Gasteiger partial charge in [0.1, 0.15) is 0 Å². The van der Waals surface area contributed by atoms with Crippen molar-refractivity contribution in [2.24, 2.45) is 11.8 Å². The van der Waals surface area contributed by atoms with Crippen molar-refractivity contribution in [2.45, 2.75) is 27.2 Å². The third kappa shape index (κ3) is 3.69. The van der Waals surface area contributed by atoms with Crippen LogP contribution in [0, 0.1) is 11.8 Å². The van der Waals surface area contributed by atoms with Crippen molar-refractivity contribution >= 4 is 5.91 Å². The van der Waals surface area contributed by atoms with Crippen LogP contribution in [0.25, 0.3) is 0 Å². The number of piperidine rings is 1. The Labute approximate surface area is 127 Å². The molecule has 2 atom stereocenters. The summed E-state index contributed by atoms with van der Waals surface area (Å²) in [5.74, 6) is 2.48. The van der Waals surface area contributed by atoms with Crippen LogP contribution in [-0.4, -0.2) is 37.6 Å². The van der Waals surface area contributed by atoms with Crippen LogP contribution in [0.4, 0.5) is 0 Å². The van der Waals surface area contributed by atoms with Crippen LogP contribution in [0.15, 0.2) is 18.2 Å². The average molecular weight is 291 g/mol. The molecule has 0 spiro atoms. The SMILES string of the molecule is CCOc1ccc(C(=O)N2CC(C)CC(C)C2)cc1OC. The molecule has 2 unspecified atom stereocenters. The predicted octanol–water partition coefficient (Wildman–Crippen LogP) is 3.21. The Morgan fingerprint density at radius 2 is 1.90 bits per heavy atom. The minimum Gasteiger partial charge on any atom is -0.493 e. The lowest BCUT2D eigenvalue weighted by molar-refractivity contribution is 0.0622. The molecule has 116 valence electrons. The van der Waals surface area contributed by atoms with Crippen LogP contribution >= 0.6 is 0 Å². The maximum Gasteiger partial charge on any atom is 0.254 e. The second-order valence-corrected chi connectivity index (χ2v) is 5.95. The number of nitrogens with zero attached hydrogens (tertiary/aromatic N) is 1. The highest BCUT2D eigenvalue weighted by atomic mass is 16.5. The zero-order valence-electron chi connectivity index (χ0n) is 13.4. The van der Waals surface area contributed by atoms with Crippen LogP contribution in [0.1, 0.15) is 37.6 Å². The summed E-state index contributed by atoms with van der Waals surface area (Å²) in [5, 5.41) is 0. The highest BCUT2D eigenvalue weighted by molar-refractivity contribution is 5.95. The third-order valence-corrected chi connectivity index (χ3v) is 3.87. The molecule has 0 bridgehead atoms. The zero-order chi connectivity index (χ0) is 15.4. The molecule has 1 aromatic rings. The molecule has 4 nitrogen and oxygen atoms in total. The number of likely N-dealkylation sites (tertiary alicyclic amines) is 1. The molecule has 1 fully saturated rings. The summed E-state index contributed by atoms with van der Waals surface area (Å²) in [6, 6.07) is 5.41. The molecule has 0 aromatic heterocycles. The van der Waals surface area contributed by atoms with E-state index >= 15 is 0 Å². The molecule has 0 aliphatic carbocycles. The fourth-order valence-electron chi connectivity index (χ4n) is 3.09. The molecule has 1 aliphatic rings. The minimum absolute atomic E-state index is 0.0785. The van der Waals surface area contributed by atoms with Crippen molar-refractivity contribution < 1.29 is 14.3 Å². The third-order valence-electron chi connectivity index (χ3n) is 3.87. The van der Waals surface area contributed by atoms with E-state index in [0.717, 1.165) is 13.1 Å². The molecule has 1 aliphatic heterocycles. The predicted molar refractivity (Wildman–Crippen MR) is 83.0 cm³/mol. The van der Waals surface area contributed by atoms with Gasteiger partial charge in [-0.1, -0.05) is 13.8 Å². The summed E-state index contributed by atoms with van der Waals surface area (Å²) in [5.41, 5.74) is 0.664. The van der Waals surface area contributed by atoms with E-state index in [4.69, 9.17) is 9.47 Å². The van der Waals surface area contributed by atoms with Gasteiger partial charge >= 0.3 is 0 Å². The molecular weight excluding hydrogens is 266 g/mol. The molecule has 0 saturated carbocycles. The smallest absolute Gasteiger partial charge is 0.254 e. The molecule has 1 amide bonds. The molecule has 1 aromatic carbocycles. The summed E-state index contributed by atoms with van der Waals surface area (Å²) in [6.45, 7) is 8.57. The van der Waals surface area contributed by atoms with Gasteiger partial charge in [0.15, 0.2) is 11.5 Å².